The number of methoxy groups -OCH3 is 2. The predicted molar refractivity (Wildman–Crippen MR) is 373 cm³/mol. The summed E-state index contributed by atoms with van der Waals surface area (Å²) in [5.41, 5.74) is 5.87. The van der Waals surface area contributed by atoms with Crippen LogP contribution in [0, 0.1) is 47.1 Å². The first-order chi connectivity index (χ1) is 42.7. The number of anilines is 2. The molecule has 0 spiro atoms. The molecule has 13 heteroatoms. The molecule has 4 heterocycles. The predicted octanol–water partition coefficient (Wildman–Crippen LogP) is 20.6. The maximum atomic E-state index is 9.54. The summed E-state index contributed by atoms with van der Waals surface area (Å²) in [6, 6.07) is 36.9. The first-order valence-electron chi connectivity index (χ1n) is 30.1. The molecule has 0 saturated carbocycles. The second-order valence-electron chi connectivity index (χ2n) is 21.7. The number of unbranched alkanes of at least 4 members (excludes halogenated alkanes) is 4. The van der Waals surface area contributed by atoms with Crippen molar-refractivity contribution in [3.8, 4) is 29.7 Å². The lowest BCUT2D eigenvalue weighted by atomic mass is 9.87. The number of benzene rings is 3. The largest absolute Gasteiger partial charge is 0.496 e. The molecule has 7 rings (SSSR count). The van der Waals surface area contributed by atoms with E-state index in [1.165, 1.54) is 62.7 Å². The molecular weight excluding hydrogens is 1140 g/mol. The van der Waals surface area contributed by atoms with Crippen LogP contribution in [0.1, 0.15) is 150 Å². The van der Waals surface area contributed by atoms with Crippen LogP contribution < -0.4 is 19.3 Å². The molecule has 0 amide bonds. The zero-order chi connectivity index (χ0) is 63.5. The van der Waals surface area contributed by atoms with Crippen molar-refractivity contribution in [2.75, 3.05) is 50.2 Å². The van der Waals surface area contributed by atoms with Crippen molar-refractivity contribution in [1.29, 1.82) is 15.8 Å². The Morgan fingerprint density at radius 1 is 0.539 bits per heavy atom. The highest BCUT2D eigenvalue weighted by Crippen LogP contribution is 2.48. The molecule has 2 aromatic heterocycles. The molecule has 0 fully saturated rings. The van der Waals surface area contributed by atoms with Crippen LogP contribution in [0.5, 0.6) is 11.5 Å². The Hall–Kier alpha value is -9.29. The van der Waals surface area contributed by atoms with Crippen LogP contribution in [0.4, 0.5) is 11.4 Å². The number of ether oxygens (including phenoxy) is 4. The van der Waals surface area contributed by atoms with Gasteiger partial charge in [-0.1, -0.05) is 128 Å². The van der Waals surface area contributed by atoms with E-state index in [2.05, 4.69) is 144 Å². The maximum Gasteiger partial charge on any atom is 0.237 e. The number of nitrogens with zero attached hydrogens (tertiary/aromatic N) is 7. The average molecular weight is 1220 g/mol. The van der Waals surface area contributed by atoms with E-state index in [0.29, 0.717) is 22.6 Å². The molecule has 1 atom stereocenters. The lowest BCUT2D eigenvalue weighted by Gasteiger charge is -2.28. The van der Waals surface area contributed by atoms with E-state index < -0.39 is 11.2 Å². The first-order valence-corrected chi connectivity index (χ1v) is 31.8. The van der Waals surface area contributed by atoms with Gasteiger partial charge in [-0.05, 0) is 144 Å². The minimum atomic E-state index is -0.873. The van der Waals surface area contributed by atoms with Crippen LogP contribution >= 0.6 is 22.7 Å². The third-order valence-corrected chi connectivity index (χ3v) is 17.0. The van der Waals surface area contributed by atoms with Crippen LogP contribution in [0.2, 0.25) is 0 Å². The highest BCUT2D eigenvalue weighted by atomic mass is 32.1. The van der Waals surface area contributed by atoms with Gasteiger partial charge in [0, 0.05) is 91.5 Å². The number of nitriles is 3. The van der Waals surface area contributed by atoms with Gasteiger partial charge in [-0.15, -0.1) is 22.7 Å². The Morgan fingerprint density at radius 3 is 1.36 bits per heavy atom. The fraction of sp³-hybridized carbons (Fsp3) is 0.329. The van der Waals surface area contributed by atoms with Gasteiger partial charge in [0.1, 0.15) is 40.6 Å². The van der Waals surface area contributed by atoms with E-state index in [4.69, 9.17) is 32.1 Å². The van der Waals surface area contributed by atoms with Gasteiger partial charge in [0.25, 0.3) is 0 Å². The number of hydrogen-bond acceptors (Lipinski definition) is 11. The number of allylic oxidation sites excluding steroid dienone is 6. The zero-order valence-electron chi connectivity index (χ0n) is 52.7. The van der Waals surface area contributed by atoms with Crippen LogP contribution in [0.25, 0.3) is 46.1 Å². The molecule has 11 nitrogen and oxygen atoms in total. The van der Waals surface area contributed by atoms with Gasteiger partial charge >= 0.3 is 0 Å². The number of rotatable bonds is 27. The molecule has 0 bridgehead atoms. The standard InChI is InChI=1S/C40H43N3O2S.C35H38N4O2S.CH4/c1-7-9-26-43(27-10-8-2)33-22-20-31(37(28-33)44-6)21-23-35-25-24-34(46-35)18-14-15-19-36-38(42-5)39(30(3)29-41)45-40(36,4)32-16-12-11-13-17-32;1-7-9-21-39(22-10-8-2)28-17-15-26(32(23-28)40-6)16-18-30-20-19-29(42-30)13-11-12-14-31-33(38-5)34(27(24-36)25-37)41-35(31,3)4;/h11-25,28H,7-10,26-27H2,1-4,6H3;11-20,23H,7-10,21-22H2,1-4,6H3;1H4/b18-14+,19-15+,23-21+,39-30+;13-11+,14-12+,18-16+;. The van der Waals surface area contributed by atoms with Crippen molar-refractivity contribution >= 4 is 70.5 Å². The summed E-state index contributed by atoms with van der Waals surface area (Å²) in [6.07, 6.45) is 33.3. The summed E-state index contributed by atoms with van der Waals surface area (Å²) in [5, 5.41) is 28.0. The fourth-order valence-electron chi connectivity index (χ4n) is 9.98. The quantitative estimate of drug-likeness (QED) is 0.0287. The molecule has 3 aromatic carbocycles. The minimum Gasteiger partial charge on any atom is -0.496 e. The average Bonchev–Trinajstić information content (AvgIpc) is 1.69. The summed E-state index contributed by atoms with van der Waals surface area (Å²) >= 11 is 3.37. The van der Waals surface area contributed by atoms with Gasteiger partial charge in [0.15, 0.2) is 11.3 Å². The zero-order valence-corrected chi connectivity index (χ0v) is 54.3. The van der Waals surface area contributed by atoms with Gasteiger partial charge < -0.3 is 28.7 Å². The first kappa shape index (κ1) is 70.5. The Balaban J connectivity index is 0.000000322. The van der Waals surface area contributed by atoms with Gasteiger partial charge in [0.05, 0.1) is 39.0 Å². The highest BCUT2D eigenvalue weighted by molar-refractivity contribution is 7.14. The van der Waals surface area contributed by atoms with Gasteiger partial charge in [-0.3, -0.25) is 0 Å². The van der Waals surface area contributed by atoms with Crippen LogP contribution in [0.15, 0.2) is 173 Å². The summed E-state index contributed by atoms with van der Waals surface area (Å²) in [4.78, 5) is 16.7. The molecular formula is C76H85N7O4S2. The second-order valence-corrected chi connectivity index (χ2v) is 24.0. The smallest absolute Gasteiger partial charge is 0.237 e. The molecule has 5 aromatic rings. The summed E-state index contributed by atoms with van der Waals surface area (Å²) in [7, 11) is 3.46. The highest BCUT2D eigenvalue weighted by Gasteiger charge is 2.43. The lowest BCUT2D eigenvalue weighted by Crippen LogP contribution is -2.25. The van der Waals surface area contributed by atoms with E-state index in [0.717, 1.165) is 79.5 Å². The monoisotopic (exact) mass is 1220 g/mol. The molecule has 0 radical (unpaired) electrons. The Labute approximate surface area is 539 Å². The van der Waals surface area contributed by atoms with E-state index in [1.54, 1.807) is 49.9 Å². The van der Waals surface area contributed by atoms with Gasteiger partial charge in [-0.25, -0.2) is 9.69 Å². The summed E-state index contributed by atoms with van der Waals surface area (Å²) in [6.45, 7) is 35.9. The van der Waals surface area contributed by atoms with E-state index >= 15 is 0 Å². The van der Waals surface area contributed by atoms with Crippen LogP contribution in [0.3, 0.4) is 0 Å². The van der Waals surface area contributed by atoms with Crippen molar-refractivity contribution in [2.24, 2.45) is 0 Å². The van der Waals surface area contributed by atoms with Gasteiger partial charge in [0.2, 0.25) is 11.4 Å². The Bertz CT molecular complexity index is 3720. The second kappa shape index (κ2) is 35.5. The van der Waals surface area contributed by atoms with Crippen molar-refractivity contribution in [1.82, 2.24) is 0 Å². The van der Waals surface area contributed by atoms with E-state index in [-0.39, 0.29) is 24.5 Å². The Morgan fingerprint density at radius 2 is 0.955 bits per heavy atom. The molecule has 2 aliphatic rings. The van der Waals surface area contributed by atoms with E-state index in [9.17, 15) is 15.8 Å². The van der Waals surface area contributed by atoms with Crippen molar-refractivity contribution in [2.45, 2.75) is 125 Å². The topological polar surface area (TPSA) is 123 Å². The van der Waals surface area contributed by atoms with E-state index in [1.807, 2.05) is 99.7 Å². The van der Waals surface area contributed by atoms with Crippen molar-refractivity contribution in [3.63, 3.8) is 0 Å². The lowest BCUT2D eigenvalue weighted by molar-refractivity contribution is 0.0749. The third-order valence-electron chi connectivity index (χ3n) is 15.0. The summed E-state index contributed by atoms with van der Waals surface area (Å²) in [5.74, 6) is 2.14. The Kier molecular flexibility index (Phi) is 28.1. The maximum absolute atomic E-state index is 9.54. The molecule has 0 N–H and O–H groups in total. The molecule has 0 aliphatic carbocycles. The number of hydrogen-bond donors (Lipinski definition) is 0. The number of thiophene rings is 2. The normalized spacial score (nSPS) is 15.8. The third kappa shape index (κ3) is 18.9. The molecule has 0 saturated heterocycles. The van der Waals surface area contributed by atoms with Crippen molar-refractivity contribution < 1.29 is 18.9 Å². The molecule has 460 valence electrons. The van der Waals surface area contributed by atoms with Crippen LogP contribution in [-0.4, -0.2) is 46.0 Å². The van der Waals surface area contributed by atoms with Crippen molar-refractivity contribution in [3.05, 3.63) is 232 Å². The SMILES string of the molecule is C.[C-]#[N+]C1=C(/C=C/C=C/c2ccc(/C=C/c3ccc(N(CCCC)CCCC)cc3OC)s2)C(C)(C)OC1=C(C#N)C#N.[C-]#[N+]C1=C(/C=C/C=C/c2ccc(/C=C/c3ccc(N(CCCC)CCCC)cc3OC)s2)C(C)(c2ccccc2)O/C1=C(\C)C#N. The van der Waals surface area contributed by atoms with Crippen LogP contribution in [-0.2, 0) is 15.1 Å². The van der Waals surface area contributed by atoms with Gasteiger partial charge in [-0.2, -0.15) is 15.8 Å². The molecule has 2 aliphatic heterocycles. The summed E-state index contributed by atoms with van der Waals surface area (Å²) < 4.78 is 23.7. The molecule has 89 heavy (non-hydrogen) atoms. The fourth-order valence-corrected chi connectivity index (χ4v) is 11.6. The molecule has 1 unspecified atom stereocenters. The minimum absolute atomic E-state index is 0.